The quantitative estimate of drug-likeness (QED) is 0.0627. The molecule has 7 heteroatoms. The molecule has 5 nitrogen and oxygen atoms in total. The first-order valence-corrected chi connectivity index (χ1v) is 24.8. The molecule has 8 aromatic carbocycles. The molecule has 0 unspecified atom stereocenters. The summed E-state index contributed by atoms with van der Waals surface area (Å²) >= 11 is 3.60. The van der Waals surface area contributed by atoms with Gasteiger partial charge in [0.15, 0.2) is 0 Å². The highest BCUT2D eigenvalue weighted by atomic mass is 32.2. The molecule has 0 fully saturated rings. The van der Waals surface area contributed by atoms with Gasteiger partial charge < -0.3 is 15.2 Å². The fourth-order valence-electron chi connectivity index (χ4n) is 9.26. The number of benzene rings is 8. The molecular weight excluding hydrogens is 859 g/mol. The summed E-state index contributed by atoms with van der Waals surface area (Å²) in [6.07, 6.45) is 0.136. The second kappa shape index (κ2) is 21.5. The van der Waals surface area contributed by atoms with Crippen molar-refractivity contribution in [3.05, 3.63) is 276 Å². The molecule has 2 amide bonds. The lowest BCUT2D eigenvalue weighted by atomic mass is 9.84. The monoisotopic (exact) mass is 911 g/mol. The molecule has 0 bridgehead atoms. The number of carbonyl (C=O) groups excluding carboxylic acids is 2. The second-order valence-electron chi connectivity index (χ2n) is 16.5. The van der Waals surface area contributed by atoms with Gasteiger partial charge in [-0.3, -0.25) is 9.59 Å². The van der Waals surface area contributed by atoms with Gasteiger partial charge >= 0.3 is 0 Å². The third-order valence-corrected chi connectivity index (χ3v) is 15.5. The number of nitrogens with zero attached hydrogens (tertiary/aromatic N) is 1. The molecule has 0 saturated carbocycles. The van der Waals surface area contributed by atoms with Crippen molar-refractivity contribution in [1.29, 1.82) is 0 Å². The van der Waals surface area contributed by atoms with E-state index in [0.29, 0.717) is 24.6 Å². The molecule has 0 saturated heterocycles. The van der Waals surface area contributed by atoms with Gasteiger partial charge in [0.25, 0.3) is 0 Å². The molecule has 1 heterocycles. The summed E-state index contributed by atoms with van der Waals surface area (Å²) in [6, 6.07) is 81.9. The van der Waals surface area contributed by atoms with Crippen LogP contribution in [0.3, 0.4) is 0 Å². The zero-order chi connectivity index (χ0) is 45.7. The van der Waals surface area contributed by atoms with E-state index in [2.05, 4.69) is 174 Å². The molecule has 0 radical (unpaired) electrons. The highest BCUT2D eigenvalue weighted by Gasteiger charge is 2.38. The molecule has 1 aromatic heterocycles. The van der Waals surface area contributed by atoms with Crippen molar-refractivity contribution >= 4 is 46.2 Å². The van der Waals surface area contributed by atoms with E-state index in [-0.39, 0.29) is 24.8 Å². The lowest BCUT2D eigenvalue weighted by Crippen LogP contribution is -2.43. The highest BCUT2D eigenvalue weighted by molar-refractivity contribution is 8.00. The number of fused-ring (bicyclic) bond motifs is 1. The number of amides is 2. The summed E-state index contributed by atoms with van der Waals surface area (Å²) in [7, 11) is 0. The third-order valence-electron chi connectivity index (χ3n) is 12.4. The molecule has 9 rings (SSSR count). The Balaban J connectivity index is 1.000. The largest absolute Gasteiger partial charge is 0.354 e. The van der Waals surface area contributed by atoms with Gasteiger partial charge in [0.05, 0.1) is 28.2 Å². The Morgan fingerprint density at radius 2 is 0.836 bits per heavy atom. The lowest BCUT2D eigenvalue weighted by molar-refractivity contribution is -0.135. The summed E-state index contributed by atoms with van der Waals surface area (Å²) < 4.78 is -1.08. The Kier molecular flexibility index (Phi) is 14.5. The summed E-state index contributed by atoms with van der Waals surface area (Å²) in [5.74, 6) is 0.915. The third kappa shape index (κ3) is 9.90. The van der Waals surface area contributed by atoms with Crippen LogP contribution < -0.4 is 5.32 Å². The number of aromatic nitrogens is 1. The van der Waals surface area contributed by atoms with E-state index in [1.807, 2.05) is 84.6 Å². The average molecular weight is 912 g/mol. The van der Waals surface area contributed by atoms with Gasteiger partial charge in [-0.05, 0) is 50.6 Å². The van der Waals surface area contributed by atoms with E-state index in [9.17, 15) is 9.59 Å². The van der Waals surface area contributed by atoms with Gasteiger partial charge in [-0.15, -0.1) is 23.5 Å². The molecule has 0 atom stereocenters. The molecule has 0 aliphatic rings. The predicted molar refractivity (Wildman–Crippen MR) is 280 cm³/mol. The number of H-pyrrole nitrogens is 1. The fourth-order valence-corrected chi connectivity index (χ4v) is 12.2. The van der Waals surface area contributed by atoms with Gasteiger partial charge in [0.1, 0.15) is 0 Å². The van der Waals surface area contributed by atoms with Crippen LogP contribution in [0.25, 0.3) is 22.2 Å². The predicted octanol–water partition coefficient (Wildman–Crippen LogP) is 12.8. The molecular formula is C60H53N3O2S2. The van der Waals surface area contributed by atoms with Crippen molar-refractivity contribution in [1.82, 2.24) is 15.2 Å². The number of hydrogen-bond acceptors (Lipinski definition) is 4. The van der Waals surface area contributed by atoms with E-state index in [4.69, 9.17) is 0 Å². The maximum atomic E-state index is 15.0. The van der Waals surface area contributed by atoms with Crippen LogP contribution in [-0.4, -0.2) is 52.8 Å². The molecule has 2 N–H and O–H groups in total. The first-order valence-electron chi connectivity index (χ1n) is 22.9. The van der Waals surface area contributed by atoms with Gasteiger partial charge in [0, 0.05) is 35.5 Å². The number of para-hydroxylation sites is 1. The number of nitrogens with one attached hydrogen (secondary N) is 2. The zero-order valence-electron chi connectivity index (χ0n) is 37.3. The summed E-state index contributed by atoms with van der Waals surface area (Å²) in [5.41, 5.74) is 10.8. The lowest BCUT2D eigenvalue weighted by Gasteiger charge is -2.36. The molecule has 67 heavy (non-hydrogen) atoms. The van der Waals surface area contributed by atoms with E-state index in [1.54, 1.807) is 16.7 Å². The van der Waals surface area contributed by atoms with Gasteiger partial charge in [-0.2, -0.15) is 0 Å². The normalized spacial score (nSPS) is 11.6. The van der Waals surface area contributed by atoms with Crippen LogP contribution >= 0.6 is 23.5 Å². The number of hydrogen-bond donors (Lipinski definition) is 2. The number of rotatable bonds is 19. The minimum atomic E-state index is -0.571. The molecule has 0 aliphatic carbocycles. The minimum absolute atomic E-state index is 0.0662. The van der Waals surface area contributed by atoms with Crippen LogP contribution in [0.4, 0.5) is 0 Å². The van der Waals surface area contributed by atoms with Crippen LogP contribution in [0.5, 0.6) is 0 Å². The van der Waals surface area contributed by atoms with Gasteiger partial charge in [-0.25, -0.2) is 0 Å². The Bertz CT molecular complexity index is 2780. The van der Waals surface area contributed by atoms with Gasteiger partial charge in [0.2, 0.25) is 11.8 Å². The maximum absolute atomic E-state index is 15.0. The Hall–Kier alpha value is -7.06. The topological polar surface area (TPSA) is 65.2 Å². The standard InChI is InChI=1S/C60H53N3O2S2/c64-56(61-40-42-66-59(47-26-10-2-11-27-47,48-28-12-3-13-29-48)49-30-14-4-15-31-49)45-63(57(65)44-54-53-38-22-23-39-55(53)62-58(54)46-24-8-1-9-25-46)41-43-67-60(50-32-16-5-17-33-50,51-34-18-6-19-35-51)52-36-20-7-21-37-52/h1-39,62H,40-45H2,(H,61,64). The van der Waals surface area contributed by atoms with E-state index in [0.717, 1.165) is 44.4 Å². The number of aromatic amines is 1. The van der Waals surface area contributed by atoms with Crippen LogP contribution in [0.15, 0.2) is 237 Å². The minimum Gasteiger partial charge on any atom is -0.354 e. The van der Waals surface area contributed by atoms with Crippen LogP contribution in [0.2, 0.25) is 0 Å². The van der Waals surface area contributed by atoms with Crippen molar-refractivity contribution in [2.75, 3.05) is 31.1 Å². The van der Waals surface area contributed by atoms with E-state index < -0.39 is 9.49 Å². The molecule has 0 spiro atoms. The van der Waals surface area contributed by atoms with Crippen LogP contribution in [0.1, 0.15) is 38.9 Å². The average Bonchev–Trinajstić information content (AvgIpc) is 3.77. The van der Waals surface area contributed by atoms with Crippen molar-refractivity contribution < 1.29 is 9.59 Å². The Morgan fingerprint density at radius 1 is 0.463 bits per heavy atom. The van der Waals surface area contributed by atoms with E-state index in [1.165, 1.54) is 16.7 Å². The molecule has 0 aliphatic heterocycles. The van der Waals surface area contributed by atoms with Crippen molar-refractivity contribution in [2.45, 2.75) is 15.9 Å². The first kappa shape index (κ1) is 45.1. The summed E-state index contributed by atoms with van der Waals surface area (Å²) in [5, 5.41) is 4.24. The summed E-state index contributed by atoms with van der Waals surface area (Å²) in [6.45, 7) is 0.722. The SMILES string of the molecule is O=C(CN(CCSC(c1ccccc1)(c1ccccc1)c1ccccc1)C(=O)Cc1c(-c2ccccc2)[nH]c2ccccc12)NCCSC(c1ccccc1)(c1ccccc1)c1ccccc1. The Morgan fingerprint density at radius 3 is 1.27 bits per heavy atom. The zero-order valence-corrected chi connectivity index (χ0v) is 39.0. The first-order chi connectivity index (χ1) is 33.1. The smallest absolute Gasteiger partial charge is 0.239 e. The van der Waals surface area contributed by atoms with Crippen molar-refractivity contribution in [3.63, 3.8) is 0 Å². The summed E-state index contributed by atoms with van der Waals surface area (Å²) in [4.78, 5) is 34.7. The van der Waals surface area contributed by atoms with Crippen molar-refractivity contribution in [2.24, 2.45) is 0 Å². The molecule has 332 valence electrons. The van der Waals surface area contributed by atoms with Crippen LogP contribution in [-0.2, 0) is 25.5 Å². The van der Waals surface area contributed by atoms with Crippen molar-refractivity contribution in [3.8, 4) is 11.3 Å². The van der Waals surface area contributed by atoms with Crippen LogP contribution in [0, 0.1) is 0 Å². The maximum Gasteiger partial charge on any atom is 0.239 e. The van der Waals surface area contributed by atoms with E-state index >= 15 is 0 Å². The highest BCUT2D eigenvalue weighted by Crippen LogP contribution is 2.49. The fraction of sp³-hybridized carbons (Fsp3) is 0.133. The van der Waals surface area contributed by atoms with Gasteiger partial charge in [-0.1, -0.05) is 231 Å². The number of thioether (sulfide) groups is 2. The number of carbonyl (C=O) groups is 2. The second-order valence-corrected chi connectivity index (χ2v) is 19.1. The molecule has 9 aromatic rings. The Labute approximate surface area is 402 Å².